The molecule has 3 N–H and O–H groups in total. The van der Waals surface area contributed by atoms with Crippen molar-refractivity contribution in [1.29, 1.82) is 0 Å². The van der Waals surface area contributed by atoms with Crippen LogP contribution in [0.25, 0.3) is 0 Å². The molecular weight excluding hydrogens is 484 g/mol. The first-order chi connectivity index (χ1) is 17.0. The maximum Gasteiger partial charge on any atom is 0.317 e. The Morgan fingerprint density at radius 1 is 1.28 bits per heavy atom. The summed E-state index contributed by atoms with van der Waals surface area (Å²) in [5, 5.41) is 12.9. The van der Waals surface area contributed by atoms with E-state index in [2.05, 4.69) is 10.0 Å². The Balaban J connectivity index is 1.86. The fourth-order valence-electron chi connectivity index (χ4n) is 4.81. The fraction of sp³-hybridized carbons (Fsp3) is 0.680. The second-order valence-corrected chi connectivity index (χ2v) is 12.0. The zero-order valence-corrected chi connectivity index (χ0v) is 22.5. The summed E-state index contributed by atoms with van der Waals surface area (Å²) >= 11 is 0. The zero-order chi connectivity index (χ0) is 26.5. The molecule has 0 aromatic heterocycles. The summed E-state index contributed by atoms with van der Waals surface area (Å²) in [6.45, 7) is 4.22. The van der Waals surface area contributed by atoms with Crippen molar-refractivity contribution >= 4 is 27.6 Å². The summed E-state index contributed by atoms with van der Waals surface area (Å²) in [4.78, 5) is 29.4. The van der Waals surface area contributed by atoms with Crippen LogP contribution in [0.2, 0.25) is 0 Å². The third-order valence-corrected chi connectivity index (χ3v) is 7.56. The number of nitrogens with one attached hydrogen (secondary N) is 2. The zero-order valence-electron chi connectivity index (χ0n) is 21.7. The Labute approximate surface area is 214 Å². The van der Waals surface area contributed by atoms with Crippen LogP contribution in [0.4, 0.5) is 10.5 Å². The second kappa shape index (κ2) is 12.1. The van der Waals surface area contributed by atoms with E-state index >= 15 is 0 Å². The number of anilines is 1. The highest BCUT2D eigenvalue weighted by Gasteiger charge is 2.32. The maximum absolute atomic E-state index is 13.2. The topological polar surface area (TPSA) is 128 Å². The summed E-state index contributed by atoms with van der Waals surface area (Å²) in [5.74, 6) is 0.139. The Morgan fingerprint density at radius 3 is 2.61 bits per heavy atom. The number of carbonyl (C=O) groups excluding carboxylic acids is 2. The minimum Gasteiger partial charge on any atom is -0.488 e. The van der Waals surface area contributed by atoms with E-state index in [9.17, 15) is 23.1 Å². The van der Waals surface area contributed by atoms with Crippen molar-refractivity contribution in [1.82, 2.24) is 15.1 Å². The Morgan fingerprint density at radius 2 is 1.97 bits per heavy atom. The molecule has 0 radical (unpaired) electrons. The number of ether oxygens (including phenoxy) is 1. The van der Waals surface area contributed by atoms with Gasteiger partial charge in [-0.05, 0) is 38.0 Å². The van der Waals surface area contributed by atoms with Crippen LogP contribution < -0.4 is 14.8 Å². The predicted octanol–water partition coefficient (Wildman–Crippen LogP) is 2.18. The number of hydrogen-bond acceptors (Lipinski definition) is 6. The highest BCUT2D eigenvalue weighted by molar-refractivity contribution is 7.92. The van der Waals surface area contributed by atoms with E-state index in [4.69, 9.17) is 4.74 Å². The van der Waals surface area contributed by atoms with E-state index in [-0.39, 0.29) is 36.9 Å². The van der Waals surface area contributed by atoms with Gasteiger partial charge in [0.15, 0.2) is 0 Å². The molecule has 0 bridgehead atoms. The largest absolute Gasteiger partial charge is 0.488 e. The predicted molar refractivity (Wildman–Crippen MR) is 138 cm³/mol. The number of benzene rings is 1. The number of sulfonamides is 1. The Bertz CT molecular complexity index is 1030. The smallest absolute Gasteiger partial charge is 0.317 e. The number of rotatable bonds is 7. The number of likely N-dealkylation sites (N-methyl/N-ethyl adjacent to an activating group) is 1. The van der Waals surface area contributed by atoms with Gasteiger partial charge in [-0.15, -0.1) is 0 Å². The number of nitrogens with zero attached hydrogens (tertiary/aromatic N) is 2. The van der Waals surface area contributed by atoms with Gasteiger partial charge in [-0.2, -0.15) is 0 Å². The van der Waals surface area contributed by atoms with Crippen LogP contribution in [0, 0.1) is 5.92 Å². The Kier molecular flexibility index (Phi) is 9.46. The minimum absolute atomic E-state index is 0.00357. The fourth-order valence-corrected chi connectivity index (χ4v) is 5.36. The molecule has 0 spiro atoms. The lowest BCUT2D eigenvalue weighted by Gasteiger charge is -2.34. The maximum atomic E-state index is 13.2. The van der Waals surface area contributed by atoms with Crippen molar-refractivity contribution in [2.75, 3.05) is 37.7 Å². The summed E-state index contributed by atoms with van der Waals surface area (Å²) in [6.07, 6.45) is 6.06. The van der Waals surface area contributed by atoms with E-state index in [0.29, 0.717) is 30.1 Å². The first kappa shape index (κ1) is 28.0. The number of amides is 3. The summed E-state index contributed by atoms with van der Waals surface area (Å²) in [5.41, 5.74) is 0.874. The van der Waals surface area contributed by atoms with Gasteiger partial charge in [0, 0.05) is 36.8 Å². The quantitative estimate of drug-likeness (QED) is 0.502. The number of aliphatic hydroxyl groups excluding tert-OH is 1. The van der Waals surface area contributed by atoms with Crippen LogP contribution in [-0.2, 0) is 21.2 Å². The number of carbonyl (C=O) groups is 2. The van der Waals surface area contributed by atoms with Crippen molar-refractivity contribution in [3.63, 3.8) is 0 Å². The summed E-state index contributed by atoms with van der Waals surface area (Å²) in [6, 6.07) is 4.49. The number of aliphatic hydroxyl groups is 1. The molecule has 0 unspecified atom stereocenters. The van der Waals surface area contributed by atoms with Crippen LogP contribution in [0.5, 0.6) is 5.75 Å². The van der Waals surface area contributed by atoms with Gasteiger partial charge in [0.2, 0.25) is 15.9 Å². The molecule has 1 aliphatic heterocycles. The molecule has 1 aliphatic carbocycles. The summed E-state index contributed by atoms with van der Waals surface area (Å²) in [7, 11) is -1.76. The van der Waals surface area contributed by atoms with Crippen molar-refractivity contribution < 1.29 is 27.9 Å². The molecule has 1 saturated carbocycles. The molecule has 11 heteroatoms. The van der Waals surface area contributed by atoms with E-state index in [1.54, 1.807) is 42.0 Å². The standard InChI is InChI=1S/C25H40N4O6S/c1-17-14-29(18(2)16-30)24(31)13-19-12-21(27-36(4,33)34)10-11-22(19)35-23(17)15-28(3)25(32)26-20-8-6-5-7-9-20/h10-12,17-18,20,23,27,30H,5-9,13-16H2,1-4H3,(H,26,32)/t17-,18+,23-/m1/s1. The van der Waals surface area contributed by atoms with Crippen molar-refractivity contribution in [3.8, 4) is 5.75 Å². The molecule has 36 heavy (non-hydrogen) atoms. The van der Waals surface area contributed by atoms with Gasteiger partial charge in [-0.25, -0.2) is 13.2 Å². The normalized spacial score (nSPS) is 22.4. The first-order valence-electron chi connectivity index (χ1n) is 12.7. The molecule has 202 valence electrons. The number of fused-ring (bicyclic) bond motifs is 1. The molecular formula is C25H40N4O6S. The third kappa shape index (κ3) is 7.73. The average molecular weight is 525 g/mol. The molecule has 0 saturated heterocycles. The van der Waals surface area contributed by atoms with Crippen molar-refractivity contribution in [3.05, 3.63) is 23.8 Å². The van der Waals surface area contributed by atoms with Gasteiger partial charge < -0.3 is 25.0 Å². The highest BCUT2D eigenvalue weighted by atomic mass is 32.2. The van der Waals surface area contributed by atoms with Crippen molar-refractivity contribution in [2.24, 2.45) is 5.92 Å². The lowest BCUT2D eigenvalue weighted by Crippen LogP contribution is -2.50. The van der Waals surface area contributed by atoms with E-state index in [1.807, 2.05) is 6.92 Å². The second-order valence-electron chi connectivity index (χ2n) is 10.2. The molecule has 1 heterocycles. The van der Waals surface area contributed by atoms with Crippen LogP contribution in [-0.4, -0.2) is 86.4 Å². The first-order valence-corrected chi connectivity index (χ1v) is 14.5. The minimum atomic E-state index is -3.50. The van der Waals surface area contributed by atoms with Gasteiger partial charge >= 0.3 is 6.03 Å². The summed E-state index contributed by atoms with van der Waals surface area (Å²) < 4.78 is 32.3. The number of hydrogen-bond donors (Lipinski definition) is 3. The lowest BCUT2D eigenvalue weighted by molar-refractivity contribution is -0.134. The molecule has 1 aromatic rings. The molecule has 3 atom stereocenters. The average Bonchev–Trinajstić information content (AvgIpc) is 2.86. The van der Waals surface area contributed by atoms with Crippen molar-refractivity contribution in [2.45, 2.75) is 70.6 Å². The van der Waals surface area contributed by atoms with Gasteiger partial charge in [-0.3, -0.25) is 9.52 Å². The lowest BCUT2D eigenvalue weighted by atomic mass is 9.96. The molecule has 2 aliphatic rings. The van der Waals surface area contributed by atoms with Gasteiger partial charge in [0.05, 0.1) is 31.9 Å². The van der Waals surface area contributed by atoms with Crippen LogP contribution >= 0.6 is 0 Å². The van der Waals surface area contributed by atoms with E-state index in [0.717, 1.165) is 31.9 Å². The molecule has 3 amide bonds. The van der Waals surface area contributed by atoms with Crippen LogP contribution in [0.3, 0.4) is 0 Å². The monoisotopic (exact) mass is 524 g/mol. The molecule has 1 aromatic carbocycles. The van der Waals surface area contributed by atoms with Gasteiger partial charge in [0.25, 0.3) is 0 Å². The SMILES string of the molecule is C[C@@H]1CN([C@@H](C)CO)C(=O)Cc2cc(NS(C)(=O)=O)ccc2O[C@@H]1CN(C)C(=O)NC1CCCCC1. The highest BCUT2D eigenvalue weighted by Crippen LogP contribution is 2.29. The molecule has 10 nitrogen and oxygen atoms in total. The van der Waals surface area contributed by atoms with Crippen LogP contribution in [0.15, 0.2) is 18.2 Å². The van der Waals surface area contributed by atoms with Crippen LogP contribution in [0.1, 0.15) is 51.5 Å². The van der Waals surface area contributed by atoms with E-state index < -0.39 is 22.2 Å². The Hall–Kier alpha value is -2.53. The van der Waals surface area contributed by atoms with Gasteiger partial charge in [-0.1, -0.05) is 26.2 Å². The third-order valence-electron chi connectivity index (χ3n) is 6.95. The molecule has 1 fully saturated rings. The van der Waals surface area contributed by atoms with E-state index in [1.165, 1.54) is 6.42 Å². The molecule has 3 rings (SSSR count). The van der Waals surface area contributed by atoms with Gasteiger partial charge in [0.1, 0.15) is 11.9 Å². The number of urea groups is 1.